The Labute approximate surface area is 207 Å². The van der Waals surface area contributed by atoms with Gasteiger partial charge in [-0.05, 0) is 55.0 Å². The summed E-state index contributed by atoms with van der Waals surface area (Å²) < 4.78 is 7.31. The maximum absolute atomic E-state index is 13.0. The van der Waals surface area contributed by atoms with E-state index in [0.29, 0.717) is 22.9 Å². The fourth-order valence-electron chi connectivity index (χ4n) is 3.72. The average Bonchev–Trinajstić information content (AvgIpc) is 3.21. The molecule has 3 rings (SSSR count). The summed E-state index contributed by atoms with van der Waals surface area (Å²) in [6.45, 7) is 4.28. The van der Waals surface area contributed by atoms with Gasteiger partial charge in [0.05, 0.1) is 0 Å². The van der Waals surface area contributed by atoms with Gasteiger partial charge in [0.1, 0.15) is 23.8 Å². The van der Waals surface area contributed by atoms with Crippen LogP contribution in [0.5, 0.6) is 0 Å². The molecule has 0 saturated heterocycles. The average molecular weight is 496 g/mol. The van der Waals surface area contributed by atoms with Crippen molar-refractivity contribution in [2.45, 2.75) is 45.7 Å². The van der Waals surface area contributed by atoms with Crippen molar-refractivity contribution >= 4 is 34.7 Å². The number of pyridine rings is 1. The minimum atomic E-state index is -1.40. The second kappa shape index (κ2) is 11.8. The molecule has 190 valence electrons. The maximum atomic E-state index is 13.0. The van der Waals surface area contributed by atoms with Gasteiger partial charge in [0.15, 0.2) is 5.58 Å². The Morgan fingerprint density at radius 2 is 2.00 bits per heavy atom. The molecule has 36 heavy (non-hydrogen) atoms. The smallest absolute Gasteiger partial charge is 0.405 e. The van der Waals surface area contributed by atoms with Crippen molar-refractivity contribution in [1.82, 2.24) is 14.9 Å². The number of aromatic nitrogens is 2. The van der Waals surface area contributed by atoms with Gasteiger partial charge in [-0.1, -0.05) is 32.1 Å². The van der Waals surface area contributed by atoms with E-state index in [1.54, 1.807) is 12.3 Å². The number of carboxylic acid groups (broad SMARTS) is 1. The molecule has 11 heteroatoms. The van der Waals surface area contributed by atoms with Gasteiger partial charge in [-0.15, -0.1) is 0 Å². The number of para-hydroxylation sites is 1. The number of hydrogen-bond donors (Lipinski definition) is 4. The summed E-state index contributed by atoms with van der Waals surface area (Å²) in [5, 5.41) is 13.7. The van der Waals surface area contributed by atoms with Crippen LogP contribution in [-0.2, 0) is 22.6 Å². The molecule has 2 aromatic heterocycles. The molecule has 2 heterocycles. The predicted octanol–water partition coefficient (Wildman–Crippen LogP) is 2.63. The van der Waals surface area contributed by atoms with Crippen molar-refractivity contribution in [3.8, 4) is 0 Å². The molecule has 0 spiro atoms. The number of oxazole rings is 1. The summed E-state index contributed by atoms with van der Waals surface area (Å²) in [5.41, 5.74) is 6.93. The van der Waals surface area contributed by atoms with Crippen molar-refractivity contribution in [1.29, 1.82) is 0 Å². The van der Waals surface area contributed by atoms with Crippen molar-refractivity contribution in [2.24, 2.45) is 11.7 Å². The Hall–Kier alpha value is -4.41. The van der Waals surface area contributed by atoms with Crippen LogP contribution in [0.4, 0.5) is 10.5 Å². The van der Waals surface area contributed by atoms with E-state index in [0.717, 1.165) is 18.1 Å². The number of primary amides is 1. The summed E-state index contributed by atoms with van der Waals surface area (Å²) in [6.07, 6.45) is 3.83. The van der Waals surface area contributed by atoms with E-state index in [2.05, 4.69) is 29.5 Å². The molecule has 1 atom stereocenters. The highest BCUT2D eigenvalue weighted by Crippen LogP contribution is 2.23. The third-order valence-corrected chi connectivity index (χ3v) is 5.27. The first kappa shape index (κ1) is 26.2. The molecule has 0 aliphatic heterocycles. The van der Waals surface area contributed by atoms with Crippen LogP contribution in [-0.4, -0.2) is 38.6 Å². The minimum absolute atomic E-state index is 0.0241. The van der Waals surface area contributed by atoms with Crippen LogP contribution in [0.3, 0.4) is 0 Å². The first-order valence-corrected chi connectivity index (χ1v) is 11.5. The number of allylic oxidation sites excluding steroid dienone is 1. The Kier molecular flexibility index (Phi) is 8.61. The quantitative estimate of drug-likeness (QED) is 0.296. The van der Waals surface area contributed by atoms with Gasteiger partial charge in [-0.25, -0.2) is 9.78 Å². The molecule has 0 fully saturated rings. The molecule has 0 aliphatic carbocycles. The summed E-state index contributed by atoms with van der Waals surface area (Å²) in [6, 6.07) is 7.61. The van der Waals surface area contributed by atoms with Crippen LogP contribution < -0.4 is 21.9 Å². The monoisotopic (exact) mass is 495 g/mol. The molecule has 1 aromatic carbocycles. The molecule has 0 radical (unpaired) electrons. The van der Waals surface area contributed by atoms with E-state index in [1.165, 1.54) is 16.7 Å². The van der Waals surface area contributed by atoms with Crippen LogP contribution >= 0.6 is 0 Å². The van der Waals surface area contributed by atoms with Crippen molar-refractivity contribution in [3.63, 3.8) is 0 Å². The first-order chi connectivity index (χ1) is 17.1. The highest BCUT2D eigenvalue weighted by molar-refractivity contribution is 5.96. The lowest BCUT2D eigenvalue weighted by molar-refractivity contribution is -0.118. The number of carbonyl (C=O) groups is 3. The molecule has 0 aliphatic rings. The fourth-order valence-corrected chi connectivity index (χ4v) is 3.72. The van der Waals surface area contributed by atoms with E-state index in [-0.39, 0.29) is 25.1 Å². The van der Waals surface area contributed by atoms with Gasteiger partial charge >= 0.3 is 6.09 Å². The van der Waals surface area contributed by atoms with Gasteiger partial charge < -0.3 is 30.5 Å². The molecule has 5 N–H and O–H groups in total. The van der Waals surface area contributed by atoms with Gasteiger partial charge in [0, 0.05) is 6.20 Å². The number of hydrogen-bond acceptors (Lipinski definition) is 6. The lowest BCUT2D eigenvalue weighted by Gasteiger charge is -2.16. The summed E-state index contributed by atoms with van der Waals surface area (Å²) >= 11 is 0. The van der Waals surface area contributed by atoms with Crippen molar-refractivity contribution in [3.05, 3.63) is 70.5 Å². The third kappa shape index (κ3) is 7.05. The second-order valence-corrected chi connectivity index (χ2v) is 8.70. The summed E-state index contributed by atoms with van der Waals surface area (Å²) in [5.74, 6) is -0.578. The number of amides is 3. The van der Waals surface area contributed by atoms with E-state index < -0.39 is 29.5 Å². The first-order valence-electron chi connectivity index (χ1n) is 11.5. The largest absolute Gasteiger partial charge is 0.465 e. The van der Waals surface area contributed by atoms with E-state index in [1.807, 2.05) is 18.2 Å². The zero-order valence-corrected chi connectivity index (χ0v) is 20.1. The lowest BCUT2D eigenvalue weighted by Crippen LogP contribution is -2.44. The number of nitrogens with one attached hydrogen (secondary N) is 2. The Balaban J connectivity index is 1.77. The number of fused-ring (bicyclic) bond motifs is 1. The normalized spacial score (nSPS) is 12.2. The number of anilines is 1. The molecular formula is C25H29N5O6. The van der Waals surface area contributed by atoms with E-state index in [9.17, 15) is 19.2 Å². The van der Waals surface area contributed by atoms with Gasteiger partial charge in [0.25, 0.3) is 5.56 Å². The zero-order valence-electron chi connectivity index (χ0n) is 20.1. The zero-order chi connectivity index (χ0) is 26.2. The van der Waals surface area contributed by atoms with Gasteiger partial charge in [-0.2, -0.15) is 0 Å². The lowest BCUT2D eigenvalue weighted by atomic mass is 10.0. The van der Waals surface area contributed by atoms with Gasteiger partial charge in [0.2, 0.25) is 17.7 Å². The fraction of sp³-hybridized carbons (Fsp3) is 0.320. The highest BCUT2D eigenvalue weighted by Gasteiger charge is 2.21. The Morgan fingerprint density at radius 3 is 2.69 bits per heavy atom. The Bertz CT molecular complexity index is 1340. The van der Waals surface area contributed by atoms with Crippen LogP contribution in [0.25, 0.3) is 11.1 Å². The molecule has 3 amide bonds. The molecule has 0 saturated carbocycles. The molecule has 11 nitrogen and oxygen atoms in total. The van der Waals surface area contributed by atoms with E-state index in [4.69, 9.17) is 15.3 Å². The van der Waals surface area contributed by atoms with Gasteiger partial charge in [-0.3, -0.25) is 14.4 Å². The number of nitrogens with two attached hydrogens (primary N) is 1. The molecule has 0 unspecified atom stereocenters. The number of benzene rings is 1. The SMILES string of the molecule is CC(C)Cc1cccc2nc(Cn3cccc(NC(=O)[C@H](CC/C=C/C(N)=O)NC(=O)O)c3=O)oc12. The standard InChI is InChI=1S/C25H29N5O6/c1-15(2)13-16-7-5-9-17-22(16)36-21(27-17)14-30-12-6-10-19(24(30)33)28-23(32)18(29-25(34)35)8-3-4-11-20(26)31/h4-7,9-12,15,18,29H,3,8,13-14H2,1-2H3,(H2,26,31)(H,28,32)(H,34,35)/b11-4+/t18-/m0/s1. The van der Waals surface area contributed by atoms with Crippen LogP contribution in [0.15, 0.2) is 57.9 Å². The topological polar surface area (TPSA) is 170 Å². The van der Waals surface area contributed by atoms with E-state index >= 15 is 0 Å². The van der Waals surface area contributed by atoms with Crippen molar-refractivity contribution in [2.75, 3.05) is 5.32 Å². The molecule has 3 aromatic rings. The molecular weight excluding hydrogens is 466 g/mol. The maximum Gasteiger partial charge on any atom is 0.405 e. The van der Waals surface area contributed by atoms with Crippen molar-refractivity contribution < 1.29 is 23.9 Å². The Morgan fingerprint density at radius 1 is 1.22 bits per heavy atom. The second-order valence-electron chi connectivity index (χ2n) is 8.70. The predicted molar refractivity (Wildman–Crippen MR) is 134 cm³/mol. The van der Waals surface area contributed by atoms with Crippen LogP contribution in [0.2, 0.25) is 0 Å². The minimum Gasteiger partial charge on any atom is -0.465 e. The number of nitrogens with zero attached hydrogens (tertiary/aromatic N) is 2. The third-order valence-electron chi connectivity index (χ3n) is 5.27. The highest BCUT2D eigenvalue weighted by atomic mass is 16.4. The molecule has 0 bridgehead atoms. The van der Waals surface area contributed by atoms with Crippen LogP contribution in [0.1, 0.15) is 38.1 Å². The summed E-state index contributed by atoms with van der Waals surface area (Å²) in [4.78, 5) is 52.1. The number of carbonyl (C=O) groups excluding carboxylic acids is 2. The van der Waals surface area contributed by atoms with Crippen LogP contribution in [0, 0.1) is 5.92 Å². The summed E-state index contributed by atoms with van der Waals surface area (Å²) in [7, 11) is 0. The number of rotatable bonds is 11.